The van der Waals surface area contributed by atoms with Crippen LogP contribution in [0.25, 0.3) is 5.69 Å². The molecule has 0 aliphatic rings. The molecule has 0 saturated carbocycles. The van der Waals surface area contributed by atoms with Gasteiger partial charge in [0.05, 0.1) is 5.69 Å². The van der Waals surface area contributed by atoms with Crippen LogP contribution in [-0.2, 0) is 4.79 Å². The van der Waals surface area contributed by atoms with Gasteiger partial charge in [-0.25, -0.2) is 14.5 Å². The topological polar surface area (TPSA) is 97.1 Å². The van der Waals surface area contributed by atoms with E-state index < -0.39 is 12.0 Å². The standard InChI is InChI=1S/C16H20N4O3/c1-10(2)6-14(16(22)23)19-15(21)13-5-4-12(7-11(13)3)20-9-17-8-18-20/h4-5,7-10,14H,6H2,1-3H3,(H,19,21)(H,22,23)/t14-/m1/s1. The molecule has 0 radical (unpaired) electrons. The van der Waals surface area contributed by atoms with Crippen LogP contribution in [-0.4, -0.2) is 37.8 Å². The highest BCUT2D eigenvalue weighted by molar-refractivity contribution is 5.98. The molecule has 7 nitrogen and oxygen atoms in total. The number of hydrogen-bond donors (Lipinski definition) is 2. The fourth-order valence-electron chi connectivity index (χ4n) is 2.32. The van der Waals surface area contributed by atoms with Crippen LogP contribution in [0.1, 0.15) is 36.2 Å². The van der Waals surface area contributed by atoms with Crippen molar-refractivity contribution >= 4 is 11.9 Å². The van der Waals surface area contributed by atoms with Gasteiger partial charge >= 0.3 is 5.97 Å². The average Bonchev–Trinajstić information content (AvgIpc) is 2.99. The number of benzene rings is 1. The molecule has 0 aliphatic heterocycles. The Morgan fingerprint density at radius 2 is 2.09 bits per heavy atom. The zero-order chi connectivity index (χ0) is 17.0. The second kappa shape index (κ2) is 7.04. The summed E-state index contributed by atoms with van der Waals surface area (Å²) < 4.78 is 1.59. The second-order valence-electron chi connectivity index (χ2n) is 5.83. The number of carbonyl (C=O) groups is 2. The molecule has 7 heteroatoms. The summed E-state index contributed by atoms with van der Waals surface area (Å²) in [4.78, 5) is 27.5. The first-order valence-corrected chi connectivity index (χ1v) is 7.37. The molecule has 0 aliphatic carbocycles. The Morgan fingerprint density at radius 3 is 2.61 bits per heavy atom. The van der Waals surface area contributed by atoms with E-state index in [1.807, 2.05) is 19.9 Å². The summed E-state index contributed by atoms with van der Waals surface area (Å²) in [5.41, 5.74) is 1.97. The lowest BCUT2D eigenvalue weighted by molar-refractivity contribution is -0.139. The summed E-state index contributed by atoms with van der Waals surface area (Å²) in [7, 11) is 0. The van der Waals surface area contributed by atoms with E-state index in [0.717, 1.165) is 11.3 Å². The van der Waals surface area contributed by atoms with E-state index in [2.05, 4.69) is 15.4 Å². The van der Waals surface area contributed by atoms with Crippen LogP contribution in [0.2, 0.25) is 0 Å². The van der Waals surface area contributed by atoms with Crippen LogP contribution in [0.3, 0.4) is 0 Å². The first-order chi connectivity index (χ1) is 10.9. The Balaban J connectivity index is 2.17. The minimum Gasteiger partial charge on any atom is -0.480 e. The van der Waals surface area contributed by atoms with E-state index in [-0.39, 0.29) is 11.8 Å². The molecule has 1 aromatic carbocycles. The van der Waals surface area contributed by atoms with E-state index in [1.54, 1.807) is 30.1 Å². The molecule has 1 heterocycles. The van der Waals surface area contributed by atoms with Gasteiger partial charge in [-0.15, -0.1) is 0 Å². The van der Waals surface area contributed by atoms with Crippen molar-refractivity contribution in [3.05, 3.63) is 42.0 Å². The maximum Gasteiger partial charge on any atom is 0.326 e. The number of amides is 1. The van der Waals surface area contributed by atoms with Crippen LogP contribution in [0.5, 0.6) is 0 Å². The number of nitrogens with one attached hydrogen (secondary N) is 1. The fraction of sp³-hybridized carbons (Fsp3) is 0.375. The maximum absolute atomic E-state index is 12.4. The van der Waals surface area contributed by atoms with Crippen molar-refractivity contribution in [1.29, 1.82) is 0 Å². The Morgan fingerprint density at radius 1 is 1.35 bits per heavy atom. The molecule has 1 amide bonds. The fourth-order valence-corrected chi connectivity index (χ4v) is 2.32. The number of aromatic nitrogens is 3. The van der Waals surface area contributed by atoms with Gasteiger partial charge in [0.2, 0.25) is 0 Å². The first kappa shape index (κ1) is 16.7. The summed E-state index contributed by atoms with van der Waals surface area (Å²) in [6.07, 6.45) is 3.38. The van der Waals surface area contributed by atoms with Gasteiger partial charge in [0.25, 0.3) is 5.91 Å². The van der Waals surface area contributed by atoms with Crippen molar-refractivity contribution in [1.82, 2.24) is 20.1 Å². The lowest BCUT2D eigenvalue weighted by atomic mass is 10.0. The molecule has 2 rings (SSSR count). The molecule has 2 aromatic rings. The number of rotatable bonds is 6. The third kappa shape index (κ3) is 4.15. The van der Waals surface area contributed by atoms with E-state index in [9.17, 15) is 14.7 Å². The largest absolute Gasteiger partial charge is 0.480 e. The zero-order valence-electron chi connectivity index (χ0n) is 13.4. The smallest absolute Gasteiger partial charge is 0.326 e. The van der Waals surface area contributed by atoms with Crippen molar-refractivity contribution in [2.75, 3.05) is 0 Å². The number of carboxylic acid groups (broad SMARTS) is 1. The van der Waals surface area contributed by atoms with Gasteiger partial charge in [-0.05, 0) is 43.0 Å². The number of carbonyl (C=O) groups excluding carboxylic acids is 1. The van der Waals surface area contributed by atoms with Gasteiger partial charge in [0.15, 0.2) is 0 Å². The molecule has 0 fully saturated rings. The van der Waals surface area contributed by atoms with Gasteiger partial charge in [-0.3, -0.25) is 4.79 Å². The van der Waals surface area contributed by atoms with Crippen molar-refractivity contribution in [3.63, 3.8) is 0 Å². The quantitative estimate of drug-likeness (QED) is 0.847. The van der Waals surface area contributed by atoms with Crippen LogP contribution in [0, 0.1) is 12.8 Å². The van der Waals surface area contributed by atoms with Crippen molar-refractivity contribution in [2.45, 2.75) is 33.2 Å². The number of hydrogen-bond acceptors (Lipinski definition) is 4. The van der Waals surface area contributed by atoms with Gasteiger partial charge in [0.1, 0.15) is 18.7 Å². The Labute approximate surface area is 134 Å². The zero-order valence-corrected chi connectivity index (χ0v) is 13.4. The van der Waals surface area contributed by atoms with Crippen LogP contribution < -0.4 is 5.32 Å². The molecule has 1 atom stereocenters. The van der Waals surface area contributed by atoms with Gasteiger partial charge in [-0.2, -0.15) is 5.10 Å². The van der Waals surface area contributed by atoms with Crippen LogP contribution >= 0.6 is 0 Å². The summed E-state index contributed by atoms with van der Waals surface area (Å²) in [6.45, 7) is 5.63. The van der Waals surface area contributed by atoms with E-state index in [4.69, 9.17) is 0 Å². The van der Waals surface area contributed by atoms with Crippen LogP contribution in [0.4, 0.5) is 0 Å². The van der Waals surface area contributed by atoms with E-state index in [0.29, 0.717) is 12.0 Å². The monoisotopic (exact) mass is 316 g/mol. The highest BCUT2D eigenvalue weighted by Crippen LogP contribution is 2.15. The normalized spacial score (nSPS) is 12.2. The van der Waals surface area contributed by atoms with Gasteiger partial charge in [-0.1, -0.05) is 13.8 Å². The van der Waals surface area contributed by atoms with E-state index in [1.165, 1.54) is 6.33 Å². The molecule has 0 saturated heterocycles. The Kier molecular flexibility index (Phi) is 5.10. The highest BCUT2D eigenvalue weighted by Gasteiger charge is 2.22. The van der Waals surface area contributed by atoms with Gasteiger partial charge in [0, 0.05) is 5.56 Å². The molecule has 23 heavy (non-hydrogen) atoms. The lowest BCUT2D eigenvalue weighted by Crippen LogP contribution is -2.41. The summed E-state index contributed by atoms with van der Waals surface area (Å²) in [5.74, 6) is -1.24. The molecule has 0 bridgehead atoms. The molecule has 0 spiro atoms. The molecule has 122 valence electrons. The molecule has 0 unspecified atom stereocenters. The highest BCUT2D eigenvalue weighted by atomic mass is 16.4. The SMILES string of the molecule is Cc1cc(-n2cncn2)ccc1C(=O)N[C@H](CC(C)C)C(=O)O. The van der Waals surface area contributed by atoms with Crippen LogP contribution in [0.15, 0.2) is 30.9 Å². The maximum atomic E-state index is 12.4. The van der Waals surface area contributed by atoms with Crippen molar-refractivity contribution in [3.8, 4) is 5.69 Å². The first-order valence-electron chi connectivity index (χ1n) is 7.37. The third-order valence-corrected chi connectivity index (χ3v) is 3.45. The molecule has 1 aromatic heterocycles. The van der Waals surface area contributed by atoms with Crippen molar-refractivity contribution < 1.29 is 14.7 Å². The number of nitrogens with zero attached hydrogens (tertiary/aromatic N) is 3. The predicted molar refractivity (Wildman–Crippen MR) is 84.4 cm³/mol. The second-order valence-corrected chi connectivity index (χ2v) is 5.83. The summed E-state index contributed by atoms with van der Waals surface area (Å²) in [5, 5.41) is 15.8. The summed E-state index contributed by atoms with van der Waals surface area (Å²) >= 11 is 0. The average molecular weight is 316 g/mol. The number of aliphatic carboxylic acids is 1. The number of aryl methyl sites for hydroxylation is 1. The van der Waals surface area contributed by atoms with Gasteiger partial charge < -0.3 is 10.4 Å². The van der Waals surface area contributed by atoms with Crippen molar-refractivity contribution in [2.24, 2.45) is 5.92 Å². The Bertz CT molecular complexity index is 695. The van der Waals surface area contributed by atoms with E-state index >= 15 is 0 Å². The third-order valence-electron chi connectivity index (χ3n) is 3.45. The molecular weight excluding hydrogens is 296 g/mol. The minimum atomic E-state index is -1.02. The molecular formula is C16H20N4O3. The minimum absolute atomic E-state index is 0.173. The predicted octanol–water partition coefficient (Wildman–Crippen LogP) is 1.80. The number of carboxylic acids is 1. The Hall–Kier alpha value is -2.70. The lowest BCUT2D eigenvalue weighted by Gasteiger charge is -2.17. The molecule has 2 N–H and O–H groups in total. The summed E-state index contributed by atoms with van der Waals surface area (Å²) in [6, 6.07) is 4.32.